The molecule has 0 N–H and O–H groups in total. The average Bonchev–Trinajstić information content (AvgIpc) is 3.16. The molecular weight excluding hydrogens is 440 g/mol. The molecule has 170 valence electrons. The van der Waals surface area contributed by atoms with Crippen molar-refractivity contribution in [3.8, 4) is 0 Å². The van der Waals surface area contributed by atoms with Gasteiger partial charge in [-0.25, -0.2) is 18.4 Å². The van der Waals surface area contributed by atoms with Crippen LogP contribution in [0.2, 0.25) is 0 Å². The summed E-state index contributed by atoms with van der Waals surface area (Å²) in [7, 11) is -3.49. The number of anilines is 1. The van der Waals surface area contributed by atoms with E-state index in [4.69, 9.17) is 0 Å². The number of aryl methyl sites for hydroxylation is 1. The molecule has 1 saturated heterocycles. The number of piperazine rings is 1. The smallest absolute Gasteiger partial charge is 0.243 e. The Hall–Kier alpha value is -2.03. The second-order valence-corrected chi connectivity index (χ2v) is 12.4. The lowest BCUT2D eigenvalue weighted by Crippen LogP contribution is -2.49. The van der Waals surface area contributed by atoms with E-state index in [1.807, 2.05) is 12.1 Å². The molecule has 32 heavy (non-hydrogen) atoms. The minimum atomic E-state index is -3.49. The second kappa shape index (κ2) is 8.39. The Morgan fingerprint density at radius 3 is 2.47 bits per heavy atom. The van der Waals surface area contributed by atoms with Crippen LogP contribution >= 0.6 is 11.3 Å². The summed E-state index contributed by atoms with van der Waals surface area (Å²) in [6.07, 6.45) is 5.06. The summed E-state index contributed by atoms with van der Waals surface area (Å²) < 4.78 is 28.0. The number of thiophene rings is 1. The SMILES string of the molecule is CC1CCc2c(sc3ncnc(N4CCN(S(=O)(=O)c5ccc(C(C)C)cc5)CC4)c23)C1. The first kappa shape index (κ1) is 21.8. The van der Waals surface area contributed by atoms with E-state index < -0.39 is 10.0 Å². The van der Waals surface area contributed by atoms with Gasteiger partial charge >= 0.3 is 0 Å². The molecule has 0 spiro atoms. The molecule has 0 radical (unpaired) electrons. The van der Waals surface area contributed by atoms with E-state index in [1.165, 1.54) is 22.2 Å². The average molecular weight is 471 g/mol. The molecule has 3 aromatic rings. The highest BCUT2D eigenvalue weighted by Crippen LogP contribution is 2.40. The van der Waals surface area contributed by atoms with E-state index in [-0.39, 0.29) is 0 Å². The largest absolute Gasteiger partial charge is 0.353 e. The lowest BCUT2D eigenvalue weighted by atomic mass is 9.89. The number of nitrogens with zero attached hydrogens (tertiary/aromatic N) is 4. The highest BCUT2D eigenvalue weighted by molar-refractivity contribution is 7.89. The molecule has 0 saturated carbocycles. The first-order valence-corrected chi connectivity index (χ1v) is 13.7. The maximum atomic E-state index is 13.2. The second-order valence-electron chi connectivity index (χ2n) is 9.34. The molecule has 6 nitrogen and oxygen atoms in total. The monoisotopic (exact) mass is 470 g/mol. The zero-order valence-electron chi connectivity index (χ0n) is 18.9. The summed E-state index contributed by atoms with van der Waals surface area (Å²) in [5, 5.41) is 1.19. The van der Waals surface area contributed by atoms with Crippen molar-refractivity contribution >= 4 is 37.4 Å². The Balaban J connectivity index is 1.36. The number of aromatic nitrogens is 2. The van der Waals surface area contributed by atoms with Crippen molar-refractivity contribution in [3.05, 3.63) is 46.6 Å². The Kier molecular flexibility index (Phi) is 5.72. The number of hydrogen-bond acceptors (Lipinski definition) is 6. The van der Waals surface area contributed by atoms with Crippen LogP contribution in [0.4, 0.5) is 5.82 Å². The van der Waals surface area contributed by atoms with Crippen molar-refractivity contribution in [1.82, 2.24) is 14.3 Å². The lowest BCUT2D eigenvalue weighted by Gasteiger charge is -2.35. The molecule has 1 fully saturated rings. The Labute approximate surface area is 194 Å². The van der Waals surface area contributed by atoms with Crippen molar-refractivity contribution in [1.29, 1.82) is 0 Å². The Bertz CT molecular complexity index is 1230. The fourth-order valence-corrected chi connectivity index (χ4v) is 7.58. The normalized spacial score (nSPS) is 20.1. The van der Waals surface area contributed by atoms with Crippen LogP contribution in [0.3, 0.4) is 0 Å². The molecule has 1 aliphatic carbocycles. The predicted octanol–water partition coefficient (Wildman–Crippen LogP) is 4.45. The molecule has 2 aliphatic rings. The molecule has 0 bridgehead atoms. The number of rotatable bonds is 4. The van der Waals surface area contributed by atoms with E-state index in [0.717, 1.165) is 35.0 Å². The van der Waals surface area contributed by atoms with Gasteiger partial charge < -0.3 is 4.90 Å². The maximum Gasteiger partial charge on any atom is 0.243 e. The fraction of sp³-hybridized carbons (Fsp3) is 0.500. The highest BCUT2D eigenvalue weighted by Gasteiger charge is 2.31. The number of hydrogen-bond donors (Lipinski definition) is 0. The molecule has 1 atom stereocenters. The van der Waals surface area contributed by atoms with E-state index in [9.17, 15) is 8.42 Å². The van der Waals surface area contributed by atoms with Gasteiger partial charge in [0.15, 0.2) is 0 Å². The molecule has 1 aromatic carbocycles. The third-order valence-corrected chi connectivity index (χ3v) is 9.87. The number of benzene rings is 1. The minimum absolute atomic E-state index is 0.376. The van der Waals surface area contributed by atoms with E-state index in [1.54, 1.807) is 34.1 Å². The van der Waals surface area contributed by atoms with Gasteiger partial charge in [-0.3, -0.25) is 0 Å². The summed E-state index contributed by atoms with van der Waals surface area (Å²) in [5.74, 6) is 2.07. The quantitative estimate of drug-likeness (QED) is 0.564. The zero-order valence-corrected chi connectivity index (χ0v) is 20.5. The first-order valence-electron chi connectivity index (χ1n) is 11.4. The molecule has 2 aromatic heterocycles. The first-order chi connectivity index (χ1) is 15.3. The van der Waals surface area contributed by atoms with Gasteiger partial charge in [0.1, 0.15) is 17.0 Å². The summed E-state index contributed by atoms with van der Waals surface area (Å²) >= 11 is 1.80. The van der Waals surface area contributed by atoms with E-state index >= 15 is 0 Å². The van der Waals surface area contributed by atoms with E-state index in [0.29, 0.717) is 37.0 Å². The van der Waals surface area contributed by atoms with Crippen LogP contribution in [-0.4, -0.2) is 48.9 Å². The van der Waals surface area contributed by atoms with Crippen molar-refractivity contribution in [2.75, 3.05) is 31.1 Å². The highest BCUT2D eigenvalue weighted by atomic mass is 32.2. The third-order valence-electron chi connectivity index (χ3n) is 6.79. The molecule has 0 amide bonds. The van der Waals surface area contributed by atoms with Crippen LogP contribution < -0.4 is 4.90 Å². The van der Waals surface area contributed by atoms with Crippen LogP contribution in [0, 0.1) is 5.92 Å². The number of sulfonamides is 1. The molecule has 3 heterocycles. The van der Waals surface area contributed by atoms with Crippen LogP contribution in [0.15, 0.2) is 35.5 Å². The van der Waals surface area contributed by atoms with Gasteiger partial charge in [0, 0.05) is 31.1 Å². The van der Waals surface area contributed by atoms with Crippen molar-refractivity contribution in [2.45, 2.75) is 50.8 Å². The molecule has 8 heteroatoms. The number of fused-ring (bicyclic) bond motifs is 3. The fourth-order valence-electron chi connectivity index (χ4n) is 4.81. The predicted molar refractivity (Wildman–Crippen MR) is 130 cm³/mol. The van der Waals surface area contributed by atoms with Crippen LogP contribution in [0.5, 0.6) is 0 Å². The Morgan fingerprint density at radius 2 is 1.78 bits per heavy atom. The summed E-state index contributed by atoms with van der Waals surface area (Å²) in [6.45, 7) is 8.73. The van der Waals surface area contributed by atoms with Gasteiger partial charge in [-0.2, -0.15) is 4.31 Å². The van der Waals surface area contributed by atoms with Crippen LogP contribution in [0.1, 0.15) is 49.1 Å². The third kappa shape index (κ3) is 3.82. The summed E-state index contributed by atoms with van der Waals surface area (Å²) in [5.41, 5.74) is 2.56. The van der Waals surface area contributed by atoms with Gasteiger partial charge in [-0.1, -0.05) is 32.9 Å². The van der Waals surface area contributed by atoms with Gasteiger partial charge in [0.2, 0.25) is 10.0 Å². The minimum Gasteiger partial charge on any atom is -0.353 e. The molecule has 1 unspecified atom stereocenters. The van der Waals surface area contributed by atoms with Gasteiger partial charge in [0.05, 0.1) is 10.3 Å². The molecule has 1 aliphatic heterocycles. The van der Waals surface area contributed by atoms with Crippen molar-refractivity contribution in [2.24, 2.45) is 5.92 Å². The zero-order chi connectivity index (χ0) is 22.5. The topological polar surface area (TPSA) is 66.4 Å². The van der Waals surface area contributed by atoms with Gasteiger partial charge in [0.25, 0.3) is 0 Å². The molecular formula is C24H30N4O2S2. The van der Waals surface area contributed by atoms with Crippen LogP contribution in [0.25, 0.3) is 10.2 Å². The summed E-state index contributed by atoms with van der Waals surface area (Å²) in [6, 6.07) is 7.32. The van der Waals surface area contributed by atoms with Crippen molar-refractivity contribution < 1.29 is 8.42 Å². The Morgan fingerprint density at radius 1 is 1.06 bits per heavy atom. The van der Waals surface area contributed by atoms with E-state index in [2.05, 4.69) is 35.6 Å². The summed E-state index contributed by atoms with van der Waals surface area (Å²) in [4.78, 5) is 14.3. The standard InChI is InChI=1S/C24H30N4O2S2/c1-16(2)18-5-7-19(8-6-18)32(29,30)28-12-10-27(11-13-28)23-22-20-9-4-17(3)14-21(20)31-24(22)26-15-25-23/h5-8,15-17H,4,9-14H2,1-3H3. The lowest BCUT2D eigenvalue weighted by molar-refractivity contribution is 0.384. The van der Waals surface area contributed by atoms with Gasteiger partial charge in [-0.15, -0.1) is 11.3 Å². The molecule has 5 rings (SSSR count). The van der Waals surface area contributed by atoms with Gasteiger partial charge in [-0.05, 0) is 54.4 Å². The van der Waals surface area contributed by atoms with Crippen LogP contribution in [-0.2, 0) is 22.9 Å². The maximum absolute atomic E-state index is 13.2. The van der Waals surface area contributed by atoms with Crippen molar-refractivity contribution in [3.63, 3.8) is 0 Å².